The molecule has 2 saturated heterocycles. The molecular weight excluding hydrogens is 480 g/mol. The van der Waals surface area contributed by atoms with Gasteiger partial charge in [0.15, 0.2) is 0 Å². The number of hydrogen-bond acceptors (Lipinski definition) is 9. The van der Waals surface area contributed by atoms with Gasteiger partial charge in [0.25, 0.3) is 11.8 Å². The zero-order valence-corrected chi connectivity index (χ0v) is 22.9. The van der Waals surface area contributed by atoms with Crippen LogP contribution in [0.1, 0.15) is 54.7 Å². The minimum atomic E-state index is 0.149. The zero-order chi connectivity index (χ0) is 26.6. The number of carbonyl (C=O) groups is 1. The lowest BCUT2D eigenvalue weighted by molar-refractivity contribution is 0.0490. The number of hydrogen-bond donors (Lipinski definition) is 1. The predicted molar refractivity (Wildman–Crippen MR) is 147 cm³/mol. The molecule has 1 N–H and O–H groups in total. The fraction of sp³-hybridized carbons (Fsp3) is 0.536. The SMILES string of the molecule is CCNc1nnc(-c2cnc(N3CCN(C4CCN(C(=O)c5ccc(C)cc5)CC4)C(CC)C3)c(C)n2)o1. The van der Waals surface area contributed by atoms with Gasteiger partial charge >= 0.3 is 6.01 Å². The minimum Gasteiger partial charge on any atom is -0.402 e. The fourth-order valence-electron chi connectivity index (χ4n) is 5.62. The number of nitrogens with one attached hydrogen (secondary N) is 1. The monoisotopic (exact) mass is 518 g/mol. The van der Waals surface area contributed by atoms with Crippen LogP contribution in [0.2, 0.25) is 0 Å². The van der Waals surface area contributed by atoms with Crippen LogP contribution in [-0.4, -0.2) is 87.2 Å². The molecule has 0 radical (unpaired) electrons. The Morgan fingerprint density at radius 1 is 1.05 bits per heavy atom. The van der Waals surface area contributed by atoms with Gasteiger partial charge in [-0.3, -0.25) is 9.69 Å². The molecule has 0 spiro atoms. The van der Waals surface area contributed by atoms with E-state index in [0.717, 1.165) is 69.1 Å². The van der Waals surface area contributed by atoms with Crippen LogP contribution in [0.3, 0.4) is 0 Å². The number of piperidine rings is 1. The van der Waals surface area contributed by atoms with Gasteiger partial charge in [0.2, 0.25) is 0 Å². The molecule has 1 aromatic carbocycles. The maximum atomic E-state index is 13.0. The topological polar surface area (TPSA) is 104 Å². The molecule has 0 bridgehead atoms. The molecule has 2 aromatic heterocycles. The smallest absolute Gasteiger partial charge is 0.315 e. The van der Waals surface area contributed by atoms with Crippen molar-refractivity contribution in [2.75, 3.05) is 49.5 Å². The highest BCUT2D eigenvalue weighted by Gasteiger charge is 2.35. The lowest BCUT2D eigenvalue weighted by Gasteiger charge is -2.47. The van der Waals surface area contributed by atoms with Gasteiger partial charge in [0.1, 0.15) is 11.5 Å². The fourth-order valence-corrected chi connectivity index (χ4v) is 5.62. The van der Waals surface area contributed by atoms with Crippen LogP contribution in [0.5, 0.6) is 0 Å². The first kappa shape index (κ1) is 26.1. The second-order valence-corrected chi connectivity index (χ2v) is 10.2. The van der Waals surface area contributed by atoms with Crippen LogP contribution in [0, 0.1) is 13.8 Å². The molecule has 4 heterocycles. The Kier molecular flexibility index (Phi) is 7.87. The van der Waals surface area contributed by atoms with E-state index in [1.165, 1.54) is 5.56 Å². The number of rotatable bonds is 7. The zero-order valence-electron chi connectivity index (χ0n) is 22.9. The molecule has 2 aliphatic rings. The molecule has 1 atom stereocenters. The minimum absolute atomic E-state index is 0.149. The number of aromatic nitrogens is 4. The van der Waals surface area contributed by atoms with Crippen LogP contribution in [0.4, 0.5) is 11.8 Å². The average molecular weight is 519 g/mol. The Morgan fingerprint density at radius 2 is 1.82 bits per heavy atom. The summed E-state index contributed by atoms with van der Waals surface area (Å²) >= 11 is 0. The van der Waals surface area contributed by atoms with E-state index in [4.69, 9.17) is 14.4 Å². The van der Waals surface area contributed by atoms with Crippen molar-refractivity contribution in [1.29, 1.82) is 0 Å². The van der Waals surface area contributed by atoms with E-state index in [9.17, 15) is 4.79 Å². The molecule has 0 aliphatic carbocycles. The summed E-state index contributed by atoms with van der Waals surface area (Å²) in [7, 11) is 0. The number of anilines is 2. The van der Waals surface area contributed by atoms with Gasteiger partial charge in [-0.05, 0) is 52.2 Å². The van der Waals surface area contributed by atoms with Gasteiger partial charge in [-0.1, -0.05) is 29.7 Å². The molecule has 10 heteroatoms. The van der Waals surface area contributed by atoms with Crippen molar-refractivity contribution in [3.8, 4) is 11.6 Å². The summed E-state index contributed by atoms with van der Waals surface area (Å²) in [6, 6.07) is 9.23. The van der Waals surface area contributed by atoms with E-state index in [-0.39, 0.29) is 5.91 Å². The van der Waals surface area contributed by atoms with Crippen molar-refractivity contribution in [3.05, 3.63) is 47.3 Å². The number of likely N-dealkylation sites (tertiary alicyclic amines) is 1. The number of amides is 1. The van der Waals surface area contributed by atoms with Gasteiger partial charge in [-0.25, -0.2) is 9.97 Å². The molecule has 1 amide bonds. The third kappa shape index (κ3) is 5.50. The highest BCUT2D eigenvalue weighted by molar-refractivity contribution is 5.94. The Bertz CT molecular complexity index is 1240. The number of aryl methyl sites for hydroxylation is 2. The third-order valence-electron chi connectivity index (χ3n) is 7.71. The lowest BCUT2D eigenvalue weighted by Crippen LogP contribution is -2.58. The number of piperazine rings is 1. The summed E-state index contributed by atoms with van der Waals surface area (Å²) in [4.78, 5) is 29.5. The Labute approximate surface area is 224 Å². The second-order valence-electron chi connectivity index (χ2n) is 10.2. The molecule has 10 nitrogen and oxygen atoms in total. The van der Waals surface area contributed by atoms with Crippen molar-refractivity contribution in [2.24, 2.45) is 0 Å². The first-order valence-corrected chi connectivity index (χ1v) is 13.7. The molecule has 2 fully saturated rings. The maximum absolute atomic E-state index is 13.0. The Hall–Kier alpha value is -3.53. The van der Waals surface area contributed by atoms with Gasteiger partial charge in [0, 0.05) is 56.9 Å². The highest BCUT2D eigenvalue weighted by atomic mass is 16.4. The average Bonchev–Trinajstić information content (AvgIpc) is 3.42. The van der Waals surface area contributed by atoms with Gasteiger partial charge in [0.05, 0.1) is 11.9 Å². The van der Waals surface area contributed by atoms with Gasteiger partial charge < -0.3 is 19.5 Å². The van der Waals surface area contributed by atoms with Crippen molar-refractivity contribution >= 4 is 17.7 Å². The van der Waals surface area contributed by atoms with Crippen molar-refractivity contribution in [2.45, 2.75) is 59.0 Å². The van der Waals surface area contributed by atoms with E-state index in [0.29, 0.717) is 36.2 Å². The summed E-state index contributed by atoms with van der Waals surface area (Å²) in [5.41, 5.74) is 3.40. The first-order valence-electron chi connectivity index (χ1n) is 13.7. The van der Waals surface area contributed by atoms with Crippen molar-refractivity contribution in [1.82, 2.24) is 30.0 Å². The van der Waals surface area contributed by atoms with Crippen molar-refractivity contribution in [3.63, 3.8) is 0 Å². The number of nitrogens with zero attached hydrogens (tertiary/aromatic N) is 7. The molecule has 2 aliphatic heterocycles. The van der Waals surface area contributed by atoms with E-state index < -0.39 is 0 Å². The van der Waals surface area contributed by atoms with E-state index in [2.05, 4.69) is 32.2 Å². The standard InChI is InChI=1S/C28H38N8O2/c1-5-22-18-35(25-20(4)31-24(17-30-25)26-32-33-28(38-26)29-6-2)15-16-36(22)23-11-13-34(14-12-23)27(37)21-9-7-19(3)8-10-21/h7-10,17,22-23H,5-6,11-16,18H2,1-4H3,(H,29,33). The first-order chi connectivity index (χ1) is 18.5. The van der Waals surface area contributed by atoms with Crippen LogP contribution < -0.4 is 10.2 Å². The summed E-state index contributed by atoms with van der Waals surface area (Å²) in [5, 5.41) is 11.1. The molecule has 3 aromatic rings. The van der Waals surface area contributed by atoms with Crippen LogP contribution in [-0.2, 0) is 0 Å². The van der Waals surface area contributed by atoms with E-state index in [1.807, 2.05) is 49.9 Å². The quantitative estimate of drug-likeness (QED) is 0.500. The molecule has 38 heavy (non-hydrogen) atoms. The second kappa shape index (κ2) is 11.5. The number of carbonyl (C=O) groups excluding carboxylic acids is 1. The Balaban J connectivity index is 1.19. The van der Waals surface area contributed by atoms with Crippen LogP contribution in [0.15, 0.2) is 34.9 Å². The lowest BCUT2D eigenvalue weighted by atomic mass is 9.97. The molecular formula is C28H38N8O2. The molecule has 0 saturated carbocycles. The van der Waals surface area contributed by atoms with E-state index in [1.54, 1.807) is 6.20 Å². The third-order valence-corrected chi connectivity index (χ3v) is 7.71. The predicted octanol–water partition coefficient (Wildman–Crippen LogP) is 3.78. The summed E-state index contributed by atoms with van der Waals surface area (Å²) in [5.74, 6) is 1.43. The summed E-state index contributed by atoms with van der Waals surface area (Å²) in [6.07, 6.45) is 4.82. The normalized spacial score (nSPS) is 19.1. The largest absolute Gasteiger partial charge is 0.402 e. The number of benzene rings is 1. The molecule has 1 unspecified atom stereocenters. The van der Waals surface area contributed by atoms with Crippen molar-refractivity contribution < 1.29 is 9.21 Å². The van der Waals surface area contributed by atoms with Crippen LogP contribution >= 0.6 is 0 Å². The van der Waals surface area contributed by atoms with Gasteiger partial charge in [-0.15, -0.1) is 5.10 Å². The van der Waals surface area contributed by atoms with Gasteiger partial charge in [-0.2, -0.15) is 0 Å². The highest BCUT2D eigenvalue weighted by Crippen LogP contribution is 2.28. The summed E-state index contributed by atoms with van der Waals surface area (Å²) < 4.78 is 5.64. The Morgan fingerprint density at radius 3 is 2.50 bits per heavy atom. The molecule has 5 rings (SSSR count). The van der Waals surface area contributed by atoms with E-state index >= 15 is 0 Å². The molecule has 202 valence electrons. The van der Waals surface area contributed by atoms with Crippen LogP contribution in [0.25, 0.3) is 11.6 Å². The summed E-state index contributed by atoms with van der Waals surface area (Å²) in [6.45, 7) is 13.4. The maximum Gasteiger partial charge on any atom is 0.315 e.